The summed E-state index contributed by atoms with van der Waals surface area (Å²) in [6.45, 7) is 0. The molecule has 2 saturated heterocycles. The highest BCUT2D eigenvalue weighted by atomic mass is 19.4. The minimum absolute atomic E-state index is 0.000915. The van der Waals surface area contributed by atoms with Crippen molar-refractivity contribution >= 4 is 5.91 Å². The molecule has 1 aromatic carbocycles. The van der Waals surface area contributed by atoms with E-state index < -0.39 is 6.36 Å². The molecule has 1 amide bonds. The van der Waals surface area contributed by atoms with Crippen LogP contribution in [0.1, 0.15) is 36.0 Å². The van der Waals surface area contributed by atoms with Crippen LogP contribution >= 0.6 is 0 Å². The molecule has 2 aromatic rings. The number of piperidine rings is 1. The number of pyridine rings is 1. The second-order valence-electron chi connectivity index (χ2n) is 7.05. The van der Waals surface area contributed by atoms with Gasteiger partial charge in [0, 0.05) is 42.8 Å². The molecular formula is C20H19F3N2O3. The van der Waals surface area contributed by atoms with Gasteiger partial charge >= 0.3 is 6.36 Å². The van der Waals surface area contributed by atoms with E-state index >= 15 is 0 Å². The van der Waals surface area contributed by atoms with E-state index in [-0.39, 0.29) is 29.8 Å². The Morgan fingerprint density at radius 1 is 1.04 bits per heavy atom. The second kappa shape index (κ2) is 7.33. The molecule has 3 heterocycles. The fraction of sp³-hybridized carbons (Fsp3) is 0.400. The third kappa shape index (κ3) is 4.05. The van der Waals surface area contributed by atoms with Gasteiger partial charge in [0.15, 0.2) is 0 Å². The van der Waals surface area contributed by atoms with E-state index in [1.54, 1.807) is 6.20 Å². The lowest BCUT2D eigenvalue weighted by atomic mass is 9.98. The Labute approximate surface area is 160 Å². The topological polar surface area (TPSA) is 51.7 Å². The highest BCUT2D eigenvalue weighted by Gasteiger charge is 2.44. The number of aromatic nitrogens is 1. The van der Waals surface area contributed by atoms with Gasteiger partial charge in [-0.25, -0.2) is 4.98 Å². The van der Waals surface area contributed by atoms with Crippen LogP contribution in [-0.4, -0.2) is 40.3 Å². The largest absolute Gasteiger partial charge is 0.573 e. The van der Waals surface area contributed by atoms with Gasteiger partial charge in [0.25, 0.3) is 5.91 Å². The van der Waals surface area contributed by atoms with Gasteiger partial charge in [-0.15, -0.1) is 13.2 Å². The molecule has 2 unspecified atom stereocenters. The highest BCUT2D eigenvalue weighted by Crippen LogP contribution is 2.38. The van der Waals surface area contributed by atoms with E-state index in [0.717, 1.165) is 12.8 Å². The Kier molecular flexibility index (Phi) is 4.87. The molecule has 2 aliphatic heterocycles. The minimum Gasteiger partial charge on any atom is -0.474 e. The molecule has 28 heavy (non-hydrogen) atoms. The number of ether oxygens (including phenoxy) is 2. The molecule has 0 radical (unpaired) electrons. The van der Waals surface area contributed by atoms with Gasteiger partial charge < -0.3 is 14.4 Å². The summed E-state index contributed by atoms with van der Waals surface area (Å²) >= 11 is 0. The standard InChI is InChI=1S/C20H19F3N2O3/c21-20(22,23)28-16-8-4-13(5-9-16)19(26)25-14-6-7-15(25)12-17(11-14)27-18-3-1-2-10-24-18/h1-5,8-10,14-15,17H,6-7,11-12H2. The Morgan fingerprint density at radius 3 is 2.29 bits per heavy atom. The summed E-state index contributed by atoms with van der Waals surface area (Å²) in [4.78, 5) is 19.0. The summed E-state index contributed by atoms with van der Waals surface area (Å²) in [6.07, 6.45) is 0.150. The van der Waals surface area contributed by atoms with Crippen molar-refractivity contribution in [1.82, 2.24) is 9.88 Å². The summed E-state index contributed by atoms with van der Waals surface area (Å²) < 4.78 is 46.7. The first-order valence-electron chi connectivity index (χ1n) is 9.15. The lowest BCUT2D eigenvalue weighted by molar-refractivity contribution is -0.274. The van der Waals surface area contributed by atoms with Crippen molar-refractivity contribution in [2.24, 2.45) is 0 Å². The van der Waals surface area contributed by atoms with Crippen LogP contribution in [0.15, 0.2) is 48.7 Å². The Hall–Kier alpha value is -2.77. The molecule has 148 valence electrons. The van der Waals surface area contributed by atoms with E-state index in [0.29, 0.717) is 24.3 Å². The van der Waals surface area contributed by atoms with Gasteiger partial charge in [-0.3, -0.25) is 4.79 Å². The number of carbonyl (C=O) groups is 1. The van der Waals surface area contributed by atoms with Gasteiger partial charge in [0.05, 0.1) is 0 Å². The molecule has 4 rings (SSSR count). The lowest BCUT2D eigenvalue weighted by Crippen LogP contribution is -2.49. The number of carbonyl (C=O) groups excluding carboxylic acids is 1. The maximum Gasteiger partial charge on any atom is 0.573 e. The molecule has 0 spiro atoms. The molecule has 2 fully saturated rings. The molecule has 0 N–H and O–H groups in total. The van der Waals surface area contributed by atoms with Crippen LogP contribution < -0.4 is 9.47 Å². The fourth-order valence-electron chi connectivity index (χ4n) is 4.09. The van der Waals surface area contributed by atoms with Crippen molar-refractivity contribution < 1.29 is 27.4 Å². The van der Waals surface area contributed by atoms with Crippen molar-refractivity contribution in [1.29, 1.82) is 0 Å². The van der Waals surface area contributed by atoms with E-state index in [1.807, 2.05) is 23.1 Å². The number of rotatable bonds is 4. The third-order valence-corrected chi connectivity index (χ3v) is 5.18. The summed E-state index contributed by atoms with van der Waals surface area (Å²) in [6, 6.07) is 10.7. The molecule has 2 aliphatic rings. The number of fused-ring (bicyclic) bond motifs is 2. The number of halogens is 3. The predicted molar refractivity (Wildman–Crippen MR) is 94.0 cm³/mol. The smallest absolute Gasteiger partial charge is 0.474 e. The fourth-order valence-corrected chi connectivity index (χ4v) is 4.09. The van der Waals surface area contributed by atoms with Crippen molar-refractivity contribution in [3.63, 3.8) is 0 Å². The van der Waals surface area contributed by atoms with Crippen molar-refractivity contribution in [2.75, 3.05) is 0 Å². The zero-order chi connectivity index (χ0) is 19.7. The van der Waals surface area contributed by atoms with Gasteiger partial charge in [-0.1, -0.05) is 6.07 Å². The molecule has 2 atom stereocenters. The van der Waals surface area contributed by atoms with Crippen LogP contribution in [0.5, 0.6) is 11.6 Å². The summed E-state index contributed by atoms with van der Waals surface area (Å²) in [5.41, 5.74) is 0.357. The highest BCUT2D eigenvalue weighted by molar-refractivity contribution is 5.95. The van der Waals surface area contributed by atoms with Crippen LogP contribution in [-0.2, 0) is 0 Å². The Bertz CT molecular complexity index is 813. The molecule has 5 nitrogen and oxygen atoms in total. The van der Waals surface area contributed by atoms with E-state index in [9.17, 15) is 18.0 Å². The summed E-state index contributed by atoms with van der Waals surface area (Å²) in [7, 11) is 0. The van der Waals surface area contributed by atoms with Gasteiger partial charge in [-0.05, 0) is 43.2 Å². The van der Waals surface area contributed by atoms with Gasteiger partial charge in [0.2, 0.25) is 5.88 Å². The molecule has 0 aliphatic carbocycles. The van der Waals surface area contributed by atoms with Crippen LogP contribution in [0.25, 0.3) is 0 Å². The predicted octanol–water partition coefficient (Wildman–Crippen LogP) is 4.19. The molecular weight excluding hydrogens is 373 g/mol. The van der Waals surface area contributed by atoms with Crippen molar-refractivity contribution in [2.45, 2.75) is 50.2 Å². The van der Waals surface area contributed by atoms with Crippen LogP contribution in [0.3, 0.4) is 0 Å². The van der Waals surface area contributed by atoms with E-state index in [1.165, 1.54) is 24.3 Å². The lowest BCUT2D eigenvalue weighted by Gasteiger charge is -2.38. The first-order valence-corrected chi connectivity index (χ1v) is 9.15. The first kappa shape index (κ1) is 18.6. The molecule has 8 heteroatoms. The first-order chi connectivity index (χ1) is 13.4. The number of benzene rings is 1. The van der Waals surface area contributed by atoms with E-state index in [2.05, 4.69) is 9.72 Å². The normalized spacial score (nSPS) is 24.1. The summed E-state index contributed by atoms with van der Waals surface area (Å²) in [5.74, 6) is 0.0729. The van der Waals surface area contributed by atoms with Crippen LogP contribution in [0, 0.1) is 0 Å². The average Bonchev–Trinajstić information content (AvgIpc) is 2.92. The number of hydrogen-bond donors (Lipinski definition) is 0. The minimum atomic E-state index is -4.75. The quantitative estimate of drug-likeness (QED) is 0.783. The third-order valence-electron chi connectivity index (χ3n) is 5.18. The Morgan fingerprint density at radius 2 is 1.71 bits per heavy atom. The monoisotopic (exact) mass is 392 g/mol. The molecule has 2 bridgehead atoms. The second-order valence-corrected chi connectivity index (χ2v) is 7.05. The molecule has 0 saturated carbocycles. The van der Waals surface area contributed by atoms with Crippen molar-refractivity contribution in [3.8, 4) is 11.6 Å². The van der Waals surface area contributed by atoms with E-state index in [4.69, 9.17) is 4.74 Å². The van der Waals surface area contributed by atoms with Gasteiger partial charge in [0.1, 0.15) is 11.9 Å². The average molecular weight is 392 g/mol. The number of nitrogens with zero attached hydrogens (tertiary/aromatic N) is 2. The Balaban J connectivity index is 1.42. The molecule has 1 aromatic heterocycles. The number of hydrogen-bond acceptors (Lipinski definition) is 4. The van der Waals surface area contributed by atoms with Gasteiger partial charge in [-0.2, -0.15) is 0 Å². The maximum absolute atomic E-state index is 12.9. The zero-order valence-corrected chi connectivity index (χ0v) is 14.9. The van der Waals surface area contributed by atoms with Crippen LogP contribution in [0.4, 0.5) is 13.2 Å². The van der Waals surface area contributed by atoms with Crippen molar-refractivity contribution in [3.05, 3.63) is 54.2 Å². The van der Waals surface area contributed by atoms with Crippen LogP contribution in [0.2, 0.25) is 0 Å². The maximum atomic E-state index is 12.9. The number of alkyl halides is 3. The summed E-state index contributed by atoms with van der Waals surface area (Å²) in [5, 5.41) is 0. The number of amides is 1. The zero-order valence-electron chi connectivity index (χ0n) is 14.9. The SMILES string of the molecule is O=C(c1ccc(OC(F)(F)F)cc1)N1C2CCC1CC(Oc1ccccn1)C2.